The van der Waals surface area contributed by atoms with Gasteiger partial charge in [0.15, 0.2) is 0 Å². The second-order valence-corrected chi connectivity index (χ2v) is 5.72. The molecule has 0 aliphatic carbocycles. The molecule has 0 saturated carbocycles. The van der Waals surface area contributed by atoms with Gasteiger partial charge in [-0.05, 0) is 5.92 Å². The first-order chi connectivity index (χ1) is 8.77. The van der Waals surface area contributed by atoms with Gasteiger partial charge < -0.3 is 5.21 Å². The molecule has 0 atom stereocenters. The third-order valence-electron chi connectivity index (χ3n) is 3.39. The van der Waals surface area contributed by atoms with E-state index in [-0.39, 0.29) is 0 Å². The zero-order chi connectivity index (χ0) is 14.1. The molecule has 0 radical (unpaired) electrons. The molecule has 0 fully saturated rings. The summed E-state index contributed by atoms with van der Waals surface area (Å²) in [5.41, 5.74) is 0. The van der Waals surface area contributed by atoms with Crippen LogP contribution in [0.25, 0.3) is 0 Å². The van der Waals surface area contributed by atoms with E-state index in [1.165, 1.54) is 77.0 Å². The van der Waals surface area contributed by atoms with E-state index in [2.05, 4.69) is 26.7 Å². The molecule has 0 bridgehead atoms. The van der Waals surface area contributed by atoms with Crippen molar-refractivity contribution in [1.29, 1.82) is 0 Å². The molecule has 0 amide bonds. The Morgan fingerprint density at radius 2 is 1.00 bits per heavy atom. The molecular formula is C16H37NO. The summed E-state index contributed by atoms with van der Waals surface area (Å²) in [5, 5.41) is 6.50. The summed E-state index contributed by atoms with van der Waals surface area (Å²) in [6, 6.07) is 0. The topological polar surface area (TPSA) is 46.2 Å². The number of hydrogen-bond acceptors (Lipinski definition) is 2. The standard InChI is InChI=1S/C16H34.H3NO/c1-4-5-6-7-8-9-10-11-12-13-14-15-16(2)3;1-2/h16H,4-15H2,1-3H3;2H,1H2. The molecule has 112 valence electrons. The molecule has 2 nitrogen and oxygen atoms in total. The fraction of sp³-hybridized carbons (Fsp3) is 1.00. The second-order valence-electron chi connectivity index (χ2n) is 5.72. The molecule has 3 N–H and O–H groups in total. The fourth-order valence-electron chi connectivity index (χ4n) is 2.22. The zero-order valence-corrected chi connectivity index (χ0v) is 13.1. The lowest BCUT2D eigenvalue weighted by Gasteiger charge is -2.04. The van der Waals surface area contributed by atoms with Gasteiger partial charge in [0.25, 0.3) is 0 Å². The molecule has 0 aromatic rings. The Morgan fingerprint density at radius 1 is 0.667 bits per heavy atom. The quantitative estimate of drug-likeness (QED) is 0.350. The van der Waals surface area contributed by atoms with Crippen molar-refractivity contribution in [2.45, 2.75) is 97.8 Å². The third kappa shape index (κ3) is 21.2. The van der Waals surface area contributed by atoms with Crippen molar-refractivity contribution < 1.29 is 5.21 Å². The first-order valence-corrected chi connectivity index (χ1v) is 8.03. The van der Waals surface area contributed by atoms with Crippen LogP contribution in [0.1, 0.15) is 97.8 Å². The molecule has 18 heavy (non-hydrogen) atoms. The van der Waals surface area contributed by atoms with E-state index in [1.807, 2.05) is 0 Å². The summed E-state index contributed by atoms with van der Waals surface area (Å²) in [7, 11) is 0. The smallest absolute Gasteiger partial charge is 0.0471 e. The van der Waals surface area contributed by atoms with E-state index >= 15 is 0 Å². The lowest BCUT2D eigenvalue weighted by molar-refractivity contribution is 0.311. The molecule has 0 unspecified atom stereocenters. The molecule has 0 aliphatic heterocycles. The minimum Gasteiger partial charge on any atom is -0.320 e. The molecule has 0 aliphatic rings. The Morgan fingerprint density at radius 3 is 1.33 bits per heavy atom. The van der Waals surface area contributed by atoms with E-state index in [0.717, 1.165) is 5.92 Å². The average Bonchev–Trinajstić information content (AvgIpc) is 2.38. The van der Waals surface area contributed by atoms with Crippen molar-refractivity contribution in [2.24, 2.45) is 11.8 Å². The normalized spacial score (nSPS) is 10.3. The lowest BCUT2D eigenvalue weighted by Crippen LogP contribution is -1.87. The van der Waals surface area contributed by atoms with Crippen molar-refractivity contribution in [3.8, 4) is 0 Å². The molecule has 0 heterocycles. The predicted molar refractivity (Wildman–Crippen MR) is 81.9 cm³/mol. The van der Waals surface area contributed by atoms with Gasteiger partial charge in [0.2, 0.25) is 0 Å². The first-order valence-electron chi connectivity index (χ1n) is 8.03. The van der Waals surface area contributed by atoms with Crippen molar-refractivity contribution in [1.82, 2.24) is 0 Å². The highest BCUT2D eigenvalue weighted by Crippen LogP contribution is 2.13. The summed E-state index contributed by atoms with van der Waals surface area (Å²) in [6.07, 6.45) is 17.5. The van der Waals surface area contributed by atoms with Crippen molar-refractivity contribution in [2.75, 3.05) is 0 Å². The van der Waals surface area contributed by atoms with Gasteiger partial charge >= 0.3 is 0 Å². The van der Waals surface area contributed by atoms with Crippen molar-refractivity contribution in [3.05, 3.63) is 0 Å². The Bertz CT molecular complexity index is 126. The van der Waals surface area contributed by atoms with Gasteiger partial charge in [0.1, 0.15) is 0 Å². The highest BCUT2D eigenvalue weighted by atomic mass is 16.4. The lowest BCUT2D eigenvalue weighted by atomic mass is 10.0. The van der Waals surface area contributed by atoms with Crippen molar-refractivity contribution in [3.63, 3.8) is 0 Å². The molecule has 0 rings (SSSR count). The second kappa shape index (κ2) is 19.3. The van der Waals surface area contributed by atoms with Crippen molar-refractivity contribution >= 4 is 0 Å². The van der Waals surface area contributed by atoms with Gasteiger partial charge in [-0.25, -0.2) is 5.90 Å². The first kappa shape index (κ1) is 20.2. The molecular weight excluding hydrogens is 222 g/mol. The van der Waals surface area contributed by atoms with E-state index in [9.17, 15) is 0 Å². The molecule has 0 aromatic heterocycles. The van der Waals surface area contributed by atoms with Gasteiger partial charge in [-0.15, -0.1) is 0 Å². The zero-order valence-electron chi connectivity index (χ0n) is 13.1. The highest BCUT2D eigenvalue weighted by molar-refractivity contribution is 4.50. The Balaban J connectivity index is 0. The van der Waals surface area contributed by atoms with Crippen LogP contribution in [0.2, 0.25) is 0 Å². The van der Waals surface area contributed by atoms with E-state index in [1.54, 1.807) is 0 Å². The van der Waals surface area contributed by atoms with Crippen LogP contribution in [0.3, 0.4) is 0 Å². The minimum atomic E-state index is 0.901. The summed E-state index contributed by atoms with van der Waals surface area (Å²) in [5.74, 6) is 4.40. The Hall–Kier alpha value is -0.0800. The summed E-state index contributed by atoms with van der Waals surface area (Å²) in [6.45, 7) is 6.95. The largest absolute Gasteiger partial charge is 0.320 e. The number of nitrogens with two attached hydrogens (primary N) is 1. The Labute approximate surface area is 115 Å². The number of hydrogen-bond donors (Lipinski definition) is 2. The van der Waals surface area contributed by atoms with Crippen LogP contribution in [0.15, 0.2) is 0 Å². The number of rotatable bonds is 12. The van der Waals surface area contributed by atoms with Crippen LogP contribution < -0.4 is 5.90 Å². The van der Waals surface area contributed by atoms with Gasteiger partial charge in [-0.2, -0.15) is 0 Å². The summed E-state index contributed by atoms with van der Waals surface area (Å²) in [4.78, 5) is 0. The van der Waals surface area contributed by atoms with Crippen LogP contribution in [-0.4, -0.2) is 5.21 Å². The maximum absolute atomic E-state index is 6.50. The van der Waals surface area contributed by atoms with Crippen LogP contribution in [0, 0.1) is 5.92 Å². The van der Waals surface area contributed by atoms with E-state index in [4.69, 9.17) is 5.21 Å². The average molecular weight is 259 g/mol. The SMILES string of the molecule is CCCCCCCCCCCCCC(C)C.NO. The molecule has 2 heteroatoms. The van der Waals surface area contributed by atoms with Gasteiger partial charge in [-0.1, -0.05) is 97.8 Å². The molecule has 0 spiro atoms. The van der Waals surface area contributed by atoms with Crippen LogP contribution in [-0.2, 0) is 0 Å². The monoisotopic (exact) mass is 259 g/mol. The minimum absolute atomic E-state index is 0.901. The van der Waals surface area contributed by atoms with E-state index in [0.29, 0.717) is 0 Å². The van der Waals surface area contributed by atoms with Crippen LogP contribution in [0.4, 0.5) is 0 Å². The van der Waals surface area contributed by atoms with Crippen LogP contribution in [0.5, 0.6) is 0 Å². The predicted octanol–water partition coefficient (Wildman–Crippen LogP) is 5.68. The highest BCUT2D eigenvalue weighted by Gasteiger charge is 1.95. The van der Waals surface area contributed by atoms with Gasteiger partial charge in [0.05, 0.1) is 0 Å². The van der Waals surface area contributed by atoms with Crippen LogP contribution >= 0.6 is 0 Å². The van der Waals surface area contributed by atoms with Gasteiger partial charge in [-0.3, -0.25) is 0 Å². The Kier molecular flexibility index (Phi) is 21.7. The maximum Gasteiger partial charge on any atom is -0.0471 e. The fourth-order valence-corrected chi connectivity index (χ4v) is 2.22. The summed E-state index contributed by atoms with van der Waals surface area (Å²) >= 11 is 0. The van der Waals surface area contributed by atoms with E-state index < -0.39 is 0 Å². The summed E-state index contributed by atoms with van der Waals surface area (Å²) < 4.78 is 0. The third-order valence-corrected chi connectivity index (χ3v) is 3.39. The van der Waals surface area contributed by atoms with Gasteiger partial charge in [0, 0.05) is 0 Å². The number of unbranched alkanes of at least 4 members (excludes halogenated alkanes) is 10. The maximum atomic E-state index is 6.50. The molecule has 0 aromatic carbocycles. The molecule has 0 saturated heterocycles.